The van der Waals surface area contributed by atoms with Gasteiger partial charge in [0.05, 0.1) is 5.16 Å². The lowest BCUT2D eigenvalue weighted by atomic mass is 10.7. The highest BCUT2D eigenvalue weighted by atomic mass is 32.1. The molecule has 0 bridgehead atoms. The first kappa shape index (κ1) is 12.5. The van der Waals surface area contributed by atoms with Gasteiger partial charge in [0, 0.05) is 5.16 Å². The van der Waals surface area contributed by atoms with Crippen LogP contribution in [-0.4, -0.2) is 32.1 Å². The van der Waals surface area contributed by atoms with Gasteiger partial charge in [-0.05, 0) is 31.4 Å². The van der Waals surface area contributed by atoms with Crippen LogP contribution >= 0.6 is 24.4 Å². The molecule has 10 heavy (non-hydrogen) atoms. The summed E-state index contributed by atoms with van der Waals surface area (Å²) in [4.78, 5) is 3.25. The Bertz CT molecular complexity index is 161. The van der Waals surface area contributed by atoms with E-state index in [0.717, 1.165) is 10.4 Å². The molecule has 1 N–H and O–H groups in total. The van der Waals surface area contributed by atoms with Crippen molar-refractivity contribution in [2.75, 3.05) is 0 Å². The predicted octanol–water partition coefficient (Wildman–Crippen LogP) is -0.203. The van der Waals surface area contributed by atoms with Gasteiger partial charge in [-0.3, -0.25) is 4.66 Å². The first-order chi connectivity index (χ1) is 4.68. The second-order valence-electron chi connectivity index (χ2n) is 1.17. The highest BCUT2D eigenvalue weighted by Gasteiger charge is 1.78. The zero-order valence-electron chi connectivity index (χ0n) is 5.74. The molecular formula is C4H8N2OS2Si. The average molecular weight is 192 g/mol. The van der Waals surface area contributed by atoms with Crippen LogP contribution in [0.25, 0.3) is 0 Å². The first-order valence-corrected chi connectivity index (χ1v) is 4.11. The fourth-order valence-electron chi connectivity index (χ4n) is 0.0763. The molecule has 3 nitrogen and oxygen atoms in total. The molecule has 0 fully saturated rings. The van der Waals surface area contributed by atoms with Gasteiger partial charge >= 0.3 is 0 Å². The third kappa shape index (κ3) is 25.0. The minimum atomic E-state index is -0.692. The summed E-state index contributed by atoms with van der Waals surface area (Å²) >= 11 is 8.32. The number of aliphatic imine (C=N–C) groups is 1. The standard InChI is InChI=1S/C3H5NOS.CH3NSSi/c1-3(5)4-2-6;3-1-2-4/h3,5H,1H3;4H3. The van der Waals surface area contributed by atoms with Gasteiger partial charge in [-0.25, -0.2) is 4.99 Å². The SMILES string of the molecule is CC(O)N=C=S.[SiH3]N=C=S. The largest absolute Gasteiger partial charge is 0.371 e. The van der Waals surface area contributed by atoms with Crippen molar-refractivity contribution in [1.82, 2.24) is 0 Å². The van der Waals surface area contributed by atoms with Crippen molar-refractivity contribution in [2.45, 2.75) is 13.2 Å². The number of hydrogen-bond donors (Lipinski definition) is 1. The Morgan fingerprint density at radius 3 is 1.90 bits per heavy atom. The van der Waals surface area contributed by atoms with Crippen molar-refractivity contribution >= 4 is 45.2 Å². The third-order valence-electron chi connectivity index (χ3n) is 0.331. The zero-order chi connectivity index (χ0) is 8.41. The number of hydrogen-bond acceptors (Lipinski definition) is 5. The molecule has 6 heteroatoms. The predicted molar refractivity (Wildman–Crippen MR) is 51.7 cm³/mol. The highest BCUT2D eigenvalue weighted by Crippen LogP contribution is 1.74. The van der Waals surface area contributed by atoms with Crippen LogP contribution in [0.15, 0.2) is 9.65 Å². The Balaban J connectivity index is 0. The molecule has 0 aromatic heterocycles. The van der Waals surface area contributed by atoms with Gasteiger partial charge in [-0.15, -0.1) is 0 Å². The van der Waals surface area contributed by atoms with Crippen molar-refractivity contribution in [3.63, 3.8) is 0 Å². The number of rotatable bonds is 1. The van der Waals surface area contributed by atoms with Crippen LogP contribution in [0.5, 0.6) is 0 Å². The van der Waals surface area contributed by atoms with E-state index in [1.807, 2.05) is 5.16 Å². The van der Waals surface area contributed by atoms with Crippen LogP contribution < -0.4 is 0 Å². The molecule has 0 aromatic rings. The second kappa shape index (κ2) is 11.6. The fraction of sp³-hybridized carbons (Fsp3) is 0.500. The topological polar surface area (TPSA) is 45.0 Å². The number of isothiocyanates is 2. The van der Waals surface area contributed by atoms with Crippen LogP contribution in [-0.2, 0) is 0 Å². The third-order valence-corrected chi connectivity index (χ3v) is 1.17. The van der Waals surface area contributed by atoms with E-state index >= 15 is 0 Å². The van der Waals surface area contributed by atoms with Crippen molar-refractivity contribution in [3.05, 3.63) is 0 Å². The summed E-state index contributed by atoms with van der Waals surface area (Å²) in [6, 6.07) is 0. The maximum absolute atomic E-state index is 8.26. The van der Waals surface area contributed by atoms with E-state index in [1.165, 1.54) is 6.92 Å². The van der Waals surface area contributed by atoms with Gasteiger partial charge in [0.1, 0.15) is 10.4 Å². The normalized spacial score (nSPS) is 9.40. The van der Waals surface area contributed by atoms with Gasteiger partial charge < -0.3 is 5.11 Å². The summed E-state index contributed by atoms with van der Waals surface area (Å²) in [6.45, 7) is 1.51. The van der Waals surface area contributed by atoms with Crippen LogP contribution in [0.4, 0.5) is 0 Å². The Kier molecular flexibility index (Phi) is 14.4. The van der Waals surface area contributed by atoms with E-state index in [4.69, 9.17) is 5.11 Å². The molecule has 1 atom stereocenters. The molecule has 0 spiro atoms. The Labute approximate surface area is 73.4 Å². The minimum absolute atomic E-state index is 0.692. The minimum Gasteiger partial charge on any atom is -0.371 e. The average Bonchev–Trinajstić information content (AvgIpc) is 1.89. The van der Waals surface area contributed by atoms with Crippen molar-refractivity contribution in [1.29, 1.82) is 0 Å². The van der Waals surface area contributed by atoms with E-state index in [1.54, 1.807) is 0 Å². The fourth-order valence-corrected chi connectivity index (χ4v) is 0.229. The summed E-state index contributed by atoms with van der Waals surface area (Å²) in [5, 5.41) is 12.5. The maximum atomic E-state index is 8.26. The van der Waals surface area contributed by atoms with E-state index in [0.29, 0.717) is 0 Å². The molecule has 0 saturated carbocycles. The Morgan fingerprint density at radius 2 is 1.90 bits per heavy atom. The smallest absolute Gasteiger partial charge is 0.152 e. The van der Waals surface area contributed by atoms with Crippen LogP contribution in [0.3, 0.4) is 0 Å². The van der Waals surface area contributed by atoms with E-state index < -0.39 is 6.23 Å². The molecule has 0 saturated heterocycles. The lowest BCUT2D eigenvalue weighted by Crippen LogP contribution is -1.90. The number of nitrogens with zero attached hydrogens (tertiary/aromatic N) is 2. The number of aliphatic hydroxyl groups excluding tert-OH is 1. The van der Waals surface area contributed by atoms with Gasteiger partial charge in [-0.1, -0.05) is 0 Å². The van der Waals surface area contributed by atoms with Gasteiger partial charge in [-0.2, -0.15) is 0 Å². The molecule has 0 rings (SSSR count). The van der Waals surface area contributed by atoms with Gasteiger partial charge in [0.2, 0.25) is 0 Å². The quantitative estimate of drug-likeness (QED) is 0.355. The molecular weight excluding hydrogens is 184 g/mol. The second-order valence-corrected chi connectivity index (χ2v) is 1.98. The zero-order valence-corrected chi connectivity index (χ0v) is 9.37. The van der Waals surface area contributed by atoms with Crippen LogP contribution in [0.2, 0.25) is 0 Å². The molecule has 0 radical (unpaired) electrons. The van der Waals surface area contributed by atoms with Crippen molar-refractivity contribution in [3.8, 4) is 0 Å². The van der Waals surface area contributed by atoms with Crippen LogP contribution in [0.1, 0.15) is 6.92 Å². The first-order valence-electron chi connectivity index (χ1n) is 2.40. The number of aliphatic hydroxyl groups is 1. The molecule has 0 aliphatic rings. The summed E-state index contributed by atoms with van der Waals surface area (Å²) in [5.41, 5.74) is 0. The van der Waals surface area contributed by atoms with Gasteiger partial charge in [0.15, 0.2) is 6.23 Å². The highest BCUT2D eigenvalue weighted by molar-refractivity contribution is 7.78. The van der Waals surface area contributed by atoms with E-state index in [9.17, 15) is 0 Å². The van der Waals surface area contributed by atoms with E-state index in [2.05, 4.69) is 39.2 Å². The summed E-state index contributed by atoms with van der Waals surface area (Å²) < 4.78 is 3.44. The maximum Gasteiger partial charge on any atom is 0.152 e. The monoisotopic (exact) mass is 192 g/mol. The molecule has 0 aliphatic heterocycles. The van der Waals surface area contributed by atoms with Crippen molar-refractivity contribution in [2.24, 2.45) is 9.65 Å². The Hall–Kier alpha value is -0.223. The molecule has 1 unspecified atom stereocenters. The van der Waals surface area contributed by atoms with Crippen molar-refractivity contribution < 1.29 is 5.11 Å². The summed E-state index contributed by atoms with van der Waals surface area (Å²) in [5.74, 6) is 0. The van der Waals surface area contributed by atoms with Gasteiger partial charge in [0.25, 0.3) is 0 Å². The molecule has 0 heterocycles. The molecule has 0 aliphatic carbocycles. The lowest BCUT2D eigenvalue weighted by Gasteiger charge is -1.83. The molecule has 56 valence electrons. The van der Waals surface area contributed by atoms with Crippen LogP contribution in [0, 0.1) is 0 Å². The lowest BCUT2D eigenvalue weighted by molar-refractivity contribution is 0.206. The Morgan fingerprint density at radius 1 is 1.50 bits per heavy atom. The number of thiocarbonyl (C=S) groups is 2. The summed E-state index contributed by atoms with van der Waals surface area (Å²) in [7, 11) is 0.799. The molecule has 0 aromatic carbocycles. The van der Waals surface area contributed by atoms with E-state index in [-0.39, 0.29) is 0 Å². The molecule has 0 amide bonds. The summed E-state index contributed by atoms with van der Waals surface area (Å²) in [6.07, 6.45) is -0.692.